The molecule has 0 unspecified atom stereocenters. The van der Waals surface area contributed by atoms with Crippen LogP contribution in [0.25, 0.3) is 10.9 Å². The van der Waals surface area contributed by atoms with Crippen LogP contribution in [0, 0.1) is 0 Å². The van der Waals surface area contributed by atoms with Gasteiger partial charge in [-0.3, -0.25) is 9.78 Å². The summed E-state index contributed by atoms with van der Waals surface area (Å²) in [5.74, 6) is -0.0435. The molecule has 25 heavy (non-hydrogen) atoms. The van der Waals surface area contributed by atoms with Crippen molar-refractivity contribution in [3.63, 3.8) is 0 Å². The van der Waals surface area contributed by atoms with Gasteiger partial charge in [0.15, 0.2) is 12.0 Å². The van der Waals surface area contributed by atoms with Gasteiger partial charge in [0.1, 0.15) is 5.52 Å². The number of fused-ring (bicyclic) bond motifs is 1. The minimum absolute atomic E-state index is 0.0435. The van der Waals surface area contributed by atoms with E-state index >= 15 is 0 Å². The van der Waals surface area contributed by atoms with Crippen LogP contribution in [-0.2, 0) is 6.54 Å². The van der Waals surface area contributed by atoms with Gasteiger partial charge in [-0.1, -0.05) is 12.1 Å². The summed E-state index contributed by atoms with van der Waals surface area (Å²) in [5, 5.41) is 15.2. The minimum atomic E-state index is -0.0435. The summed E-state index contributed by atoms with van der Waals surface area (Å²) in [5.41, 5.74) is 2.50. The summed E-state index contributed by atoms with van der Waals surface area (Å²) in [6, 6.07) is 7.77. The Bertz CT molecular complexity index is 813. The average Bonchev–Trinajstić information content (AvgIpc) is 3.14. The van der Waals surface area contributed by atoms with Gasteiger partial charge in [0, 0.05) is 37.8 Å². The molecule has 0 fully saturated rings. The lowest BCUT2D eigenvalue weighted by Crippen LogP contribution is -2.19. The van der Waals surface area contributed by atoms with Crippen LogP contribution >= 0.6 is 11.3 Å². The number of hydrogen-bond acceptors (Lipinski definition) is 6. The standard InChI is InChI=1S/C15H19N3O2.C4H4S/c1-17(2)8-11-12(9-19)15(20)13-10(6-5-7-16-13)14(11)18(3)4;1-2-4-5-3-1/h5-7,9,20H,8H2,1-4H3;1-4H. The van der Waals surface area contributed by atoms with Crippen LogP contribution in [0.3, 0.4) is 0 Å². The van der Waals surface area contributed by atoms with Gasteiger partial charge >= 0.3 is 0 Å². The number of aromatic nitrogens is 1. The fourth-order valence-electron chi connectivity index (χ4n) is 2.69. The largest absolute Gasteiger partial charge is 0.505 e. The zero-order valence-corrected chi connectivity index (χ0v) is 15.7. The van der Waals surface area contributed by atoms with E-state index in [4.69, 9.17) is 0 Å². The molecule has 3 rings (SSSR count). The van der Waals surface area contributed by atoms with E-state index in [1.807, 2.05) is 73.0 Å². The van der Waals surface area contributed by atoms with E-state index in [1.54, 1.807) is 17.5 Å². The molecule has 0 radical (unpaired) electrons. The molecule has 0 aliphatic rings. The first kappa shape index (κ1) is 18.9. The minimum Gasteiger partial charge on any atom is -0.505 e. The molecule has 6 heteroatoms. The number of phenols is 1. The van der Waals surface area contributed by atoms with E-state index in [9.17, 15) is 9.90 Å². The molecule has 0 saturated carbocycles. The van der Waals surface area contributed by atoms with Gasteiger partial charge in [0.2, 0.25) is 0 Å². The molecule has 1 aromatic carbocycles. The number of carbonyl (C=O) groups excluding carboxylic acids is 1. The highest BCUT2D eigenvalue weighted by atomic mass is 32.1. The molecule has 0 bridgehead atoms. The lowest BCUT2D eigenvalue weighted by Gasteiger charge is -2.24. The quantitative estimate of drug-likeness (QED) is 0.723. The molecule has 5 nitrogen and oxygen atoms in total. The first-order chi connectivity index (χ1) is 12.0. The lowest BCUT2D eigenvalue weighted by molar-refractivity contribution is 0.111. The van der Waals surface area contributed by atoms with E-state index in [-0.39, 0.29) is 5.75 Å². The highest BCUT2D eigenvalue weighted by Crippen LogP contribution is 2.38. The van der Waals surface area contributed by atoms with Crippen molar-refractivity contribution in [3.05, 3.63) is 52.3 Å². The Kier molecular flexibility index (Phi) is 6.50. The average molecular weight is 357 g/mol. The van der Waals surface area contributed by atoms with E-state index in [2.05, 4.69) is 4.98 Å². The SMILES string of the molecule is CN(C)Cc1c(C=O)c(O)c2ncccc2c1N(C)C.c1ccsc1. The third-order valence-corrected chi connectivity index (χ3v) is 4.25. The van der Waals surface area contributed by atoms with Crippen molar-refractivity contribution in [2.24, 2.45) is 0 Å². The Balaban J connectivity index is 0.000000386. The van der Waals surface area contributed by atoms with Crippen LogP contribution in [0.1, 0.15) is 15.9 Å². The van der Waals surface area contributed by atoms with Crippen LogP contribution in [0.4, 0.5) is 5.69 Å². The van der Waals surface area contributed by atoms with Crippen molar-refractivity contribution in [1.29, 1.82) is 0 Å². The van der Waals surface area contributed by atoms with Gasteiger partial charge in [0.25, 0.3) is 0 Å². The predicted octanol–water partition coefficient (Wildman–Crippen LogP) is 3.63. The maximum Gasteiger partial charge on any atom is 0.154 e. The lowest BCUT2D eigenvalue weighted by atomic mass is 9.99. The Morgan fingerprint density at radius 2 is 1.84 bits per heavy atom. The van der Waals surface area contributed by atoms with E-state index in [0.717, 1.165) is 16.6 Å². The van der Waals surface area contributed by atoms with E-state index < -0.39 is 0 Å². The molecule has 0 saturated heterocycles. The molecule has 1 N–H and O–H groups in total. The molecular weight excluding hydrogens is 334 g/mol. The molecule has 0 spiro atoms. The number of nitrogens with zero attached hydrogens (tertiary/aromatic N) is 3. The Morgan fingerprint density at radius 3 is 2.32 bits per heavy atom. The van der Waals surface area contributed by atoms with Crippen LogP contribution in [0.15, 0.2) is 41.2 Å². The van der Waals surface area contributed by atoms with Gasteiger partial charge in [-0.25, -0.2) is 0 Å². The molecule has 0 amide bonds. The van der Waals surface area contributed by atoms with Crippen molar-refractivity contribution in [2.45, 2.75) is 6.54 Å². The maximum absolute atomic E-state index is 11.4. The van der Waals surface area contributed by atoms with Crippen molar-refractivity contribution in [1.82, 2.24) is 9.88 Å². The third kappa shape index (κ3) is 4.35. The fourth-order valence-corrected chi connectivity index (χ4v) is 3.14. The number of anilines is 1. The van der Waals surface area contributed by atoms with Crippen LogP contribution in [-0.4, -0.2) is 49.5 Å². The normalized spacial score (nSPS) is 10.4. The zero-order chi connectivity index (χ0) is 18.4. The Labute approximate surface area is 152 Å². The predicted molar refractivity (Wildman–Crippen MR) is 105 cm³/mol. The van der Waals surface area contributed by atoms with Crippen molar-refractivity contribution in [3.8, 4) is 5.75 Å². The van der Waals surface area contributed by atoms with Crippen LogP contribution in [0.5, 0.6) is 5.75 Å². The Morgan fingerprint density at radius 1 is 1.16 bits per heavy atom. The van der Waals surface area contributed by atoms with Gasteiger partial charge in [-0.15, -0.1) is 0 Å². The van der Waals surface area contributed by atoms with Gasteiger partial charge < -0.3 is 14.9 Å². The smallest absolute Gasteiger partial charge is 0.154 e. The number of aromatic hydroxyl groups is 1. The van der Waals surface area contributed by atoms with Crippen LogP contribution < -0.4 is 4.90 Å². The summed E-state index contributed by atoms with van der Waals surface area (Å²) in [7, 11) is 7.70. The maximum atomic E-state index is 11.4. The molecule has 0 atom stereocenters. The number of phenolic OH excluding ortho intramolecular Hbond substituents is 1. The summed E-state index contributed by atoms with van der Waals surface area (Å²) in [6.45, 7) is 0.569. The molecule has 0 aliphatic heterocycles. The van der Waals surface area contributed by atoms with Crippen LogP contribution in [0.2, 0.25) is 0 Å². The first-order valence-corrected chi connectivity index (χ1v) is 8.78. The second kappa shape index (κ2) is 8.60. The zero-order valence-electron chi connectivity index (χ0n) is 14.9. The summed E-state index contributed by atoms with van der Waals surface area (Å²) < 4.78 is 0. The van der Waals surface area contributed by atoms with E-state index in [1.165, 1.54) is 0 Å². The number of benzene rings is 1. The highest BCUT2D eigenvalue weighted by Gasteiger charge is 2.20. The number of aldehydes is 1. The van der Waals surface area contributed by atoms with Gasteiger partial charge in [-0.05, 0) is 37.0 Å². The molecule has 2 aromatic heterocycles. The number of thiophene rings is 1. The van der Waals surface area contributed by atoms with Crippen molar-refractivity contribution < 1.29 is 9.90 Å². The number of carbonyl (C=O) groups is 1. The topological polar surface area (TPSA) is 56.7 Å². The van der Waals surface area contributed by atoms with Gasteiger partial charge in [-0.2, -0.15) is 11.3 Å². The third-order valence-electron chi connectivity index (χ3n) is 3.62. The van der Waals surface area contributed by atoms with Crippen molar-refractivity contribution in [2.75, 3.05) is 33.1 Å². The van der Waals surface area contributed by atoms with Gasteiger partial charge in [0.05, 0.1) is 11.3 Å². The number of rotatable bonds is 4. The second-order valence-electron chi connectivity index (χ2n) is 6.03. The number of pyridine rings is 1. The van der Waals surface area contributed by atoms with E-state index in [0.29, 0.717) is 23.9 Å². The van der Waals surface area contributed by atoms with Crippen molar-refractivity contribution >= 4 is 34.2 Å². The Hall–Kier alpha value is -2.44. The fraction of sp³-hybridized carbons (Fsp3) is 0.263. The first-order valence-electron chi connectivity index (χ1n) is 7.84. The molecule has 132 valence electrons. The number of hydrogen-bond donors (Lipinski definition) is 1. The second-order valence-corrected chi connectivity index (χ2v) is 6.85. The summed E-state index contributed by atoms with van der Waals surface area (Å²) in [6.07, 6.45) is 2.32. The monoisotopic (exact) mass is 357 g/mol. The molecular formula is C19H23N3O2S. The molecule has 3 aromatic rings. The molecule has 2 heterocycles. The highest BCUT2D eigenvalue weighted by molar-refractivity contribution is 7.07. The molecule has 0 aliphatic carbocycles. The summed E-state index contributed by atoms with van der Waals surface area (Å²) >= 11 is 1.71. The summed E-state index contributed by atoms with van der Waals surface area (Å²) in [4.78, 5) is 19.5.